The van der Waals surface area contributed by atoms with E-state index in [9.17, 15) is 9.59 Å². The summed E-state index contributed by atoms with van der Waals surface area (Å²) >= 11 is 0. The number of guanidine groups is 1. The molecule has 1 fully saturated rings. The number of hydrogen-bond acceptors (Lipinski definition) is 3. The number of carbonyl (C=O) groups is 2. The Morgan fingerprint density at radius 1 is 1.35 bits per heavy atom. The lowest BCUT2D eigenvalue weighted by Crippen LogP contribution is -2.46. The van der Waals surface area contributed by atoms with Crippen LogP contribution in [0.1, 0.15) is 26.7 Å². The van der Waals surface area contributed by atoms with E-state index in [4.69, 9.17) is 0 Å². The van der Waals surface area contributed by atoms with Crippen molar-refractivity contribution in [3.63, 3.8) is 0 Å². The summed E-state index contributed by atoms with van der Waals surface area (Å²) in [6.07, 6.45) is 1.34. The van der Waals surface area contributed by atoms with Crippen LogP contribution in [0.3, 0.4) is 0 Å². The van der Waals surface area contributed by atoms with Crippen molar-refractivity contribution in [2.45, 2.75) is 32.7 Å². The Labute approximate surface area is 156 Å². The molecule has 0 aromatic heterocycles. The van der Waals surface area contributed by atoms with Gasteiger partial charge in [-0.1, -0.05) is 13.8 Å². The van der Waals surface area contributed by atoms with Gasteiger partial charge in [0.2, 0.25) is 11.8 Å². The van der Waals surface area contributed by atoms with Gasteiger partial charge in [-0.2, -0.15) is 0 Å². The van der Waals surface area contributed by atoms with Crippen LogP contribution in [0.5, 0.6) is 0 Å². The van der Waals surface area contributed by atoms with Crippen LogP contribution >= 0.6 is 24.0 Å². The third-order valence-corrected chi connectivity index (χ3v) is 3.69. The van der Waals surface area contributed by atoms with Gasteiger partial charge in [-0.05, 0) is 6.42 Å². The molecule has 1 rings (SSSR count). The average molecular weight is 439 g/mol. The zero-order valence-corrected chi connectivity index (χ0v) is 17.1. The molecule has 0 aromatic rings. The molecule has 0 aliphatic carbocycles. The Morgan fingerprint density at radius 3 is 2.52 bits per heavy atom. The lowest BCUT2D eigenvalue weighted by atomic mass is 10.2. The van der Waals surface area contributed by atoms with Crippen LogP contribution < -0.4 is 10.6 Å². The van der Waals surface area contributed by atoms with Gasteiger partial charge >= 0.3 is 0 Å². The molecule has 0 radical (unpaired) electrons. The minimum Gasteiger partial charge on any atom is -0.356 e. The third-order valence-electron chi connectivity index (χ3n) is 3.69. The molecule has 0 bridgehead atoms. The number of likely N-dealkylation sites (tertiary alicyclic amines) is 1. The number of hydrogen-bond donors (Lipinski definition) is 2. The quantitative estimate of drug-likeness (QED) is 0.372. The van der Waals surface area contributed by atoms with Gasteiger partial charge in [-0.25, -0.2) is 0 Å². The standard InChI is InChI=1S/C15H29N5O2.HI/c1-11(2)14(22)20-9-7-12(10-20)18-15(16-3)17-8-6-13(21)19(4)5;/h11-12H,6-10H2,1-5H3,(H2,16,17,18);1H. The first-order valence-electron chi connectivity index (χ1n) is 7.81. The molecule has 0 saturated carbocycles. The highest BCUT2D eigenvalue weighted by Gasteiger charge is 2.27. The molecule has 1 saturated heterocycles. The molecule has 0 spiro atoms. The molecule has 2 amide bonds. The lowest BCUT2D eigenvalue weighted by molar-refractivity contribution is -0.133. The summed E-state index contributed by atoms with van der Waals surface area (Å²) in [5, 5.41) is 6.45. The minimum absolute atomic E-state index is 0. The first-order valence-corrected chi connectivity index (χ1v) is 7.81. The van der Waals surface area contributed by atoms with E-state index in [1.54, 1.807) is 26.0 Å². The lowest BCUT2D eigenvalue weighted by Gasteiger charge is -2.20. The summed E-state index contributed by atoms with van der Waals surface area (Å²) in [7, 11) is 5.19. The molecule has 134 valence electrons. The van der Waals surface area contributed by atoms with Gasteiger partial charge in [-0.3, -0.25) is 14.6 Å². The van der Waals surface area contributed by atoms with Crippen molar-refractivity contribution >= 4 is 41.8 Å². The Bertz CT molecular complexity index is 426. The van der Waals surface area contributed by atoms with Crippen molar-refractivity contribution in [2.75, 3.05) is 40.8 Å². The third kappa shape index (κ3) is 7.36. The van der Waals surface area contributed by atoms with Gasteiger partial charge in [0.05, 0.1) is 0 Å². The van der Waals surface area contributed by atoms with Gasteiger partial charge < -0.3 is 20.4 Å². The van der Waals surface area contributed by atoms with Gasteiger partial charge in [0.15, 0.2) is 5.96 Å². The number of halogens is 1. The fourth-order valence-electron chi connectivity index (χ4n) is 2.34. The smallest absolute Gasteiger partial charge is 0.225 e. The normalized spacial score (nSPS) is 17.7. The molecule has 1 unspecified atom stereocenters. The van der Waals surface area contributed by atoms with E-state index in [1.807, 2.05) is 18.7 Å². The number of nitrogens with one attached hydrogen (secondary N) is 2. The van der Waals surface area contributed by atoms with Crippen LogP contribution in [-0.4, -0.2) is 74.4 Å². The van der Waals surface area contributed by atoms with Crippen molar-refractivity contribution in [2.24, 2.45) is 10.9 Å². The number of carbonyl (C=O) groups excluding carboxylic acids is 2. The second kappa shape index (κ2) is 10.7. The Kier molecular flexibility index (Phi) is 10.2. The Balaban J connectivity index is 0.00000484. The highest BCUT2D eigenvalue weighted by Crippen LogP contribution is 2.12. The van der Waals surface area contributed by atoms with E-state index in [-0.39, 0.29) is 47.8 Å². The van der Waals surface area contributed by atoms with E-state index in [0.29, 0.717) is 25.5 Å². The van der Waals surface area contributed by atoms with E-state index < -0.39 is 0 Å². The van der Waals surface area contributed by atoms with E-state index in [0.717, 1.165) is 13.0 Å². The largest absolute Gasteiger partial charge is 0.356 e. The summed E-state index contributed by atoms with van der Waals surface area (Å²) in [5.41, 5.74) is 0. The number of amides is 2. The topological polar surface area (TPSA) is 77.0 Å². The van der Waals surface area contributed by atoms with Crippen LogP contribution in [0.4, 0.5) is 0 Å². The summed E-state index contributed by atoms with van der Waals surface area (Å²) in [6, 6.07) is 0.207. The maximum atomic E-state index is 12.0. The molecule has 8 heteroatoms. The van der Waals surface area contributed by atoms with Crippen molar-refractivity contribution in [3.8, 4) is 0 Å². The fraction of sp³-hybridized carbons (Fsp3) is 0.800. The summed E-state index contributed by atoms with van der Waals surface area (Å²) in [6.45, 7) is 5.87. The summed E-state index contributed by atoms with van der Waals surface area (Å²) < 4.78 is 0. The molecule has 2 N–H and O–H groups in total. The molecule has 1 atom stereocenters. The summed E-state index contributed by atoms with van der Waals surface area (Å²) in [5.74, 6) is 0.991. The second-order valence-electron chi connectivity index (χ2n) is 6.11. The predicted molar refractivity (Wildman–Crippen MR) is 103 cm³/mol. The van der Waals surface area contributed by atoms with Crippen LogP contribution in [0.2, 0.25) is 0 Å². The van der Waals surface area contributed by atoms with E-state index in [2.05, 4.69) is 15.6 Å². The molecule has 1 aliphatic rings. The van der Waals surface area contributed by atoms with Crippen molar-refractivity contribution in [1.82, 2.24) is 20.4 Å². The molecule has 0 aromatic carbocycles. The molecule has 1 heterocycles. The molecular weight excluding hydrogens is 409 g/mol. The molecular formula is C15H30IN5O2. The number of nitrogens with zero attached hydrogens (tertiary/aromatic N) is 3. The minimum atomic E-state index is 0. The highest BCUT2D eigenvalue weighted by molar-refractivity contribution is 14.0. The summed E-state index contributed by atoms with van der Waals surface area (Å²) in [4.78, 5) is 31.1. The van der Waals surface area contributed by atoms with Gasteiger partial charge in [-0.15, -0.1) is 24.0 Å². The van der Waals surface area contributed by atoms with Crippen molar-refractivity contribution in [3.05, 3.63) is 0 Å². The van der Waals surface area contributed by atoms with Gasteiger partial charge in [0, 0.05) is 59.2 Å². The maximum Gasteiger partial charge on any atom is 0.225 e. The van der Waals surface area contributed by atoms with E-state index in [1.165, 1.54) is 0 Å². The van der Waals surface area contributed by atoms with Crippen LogP contribution in [0, 0.1) is 5.92 Å². The molecule has 23 heavy (non-hydrogen) atoms. The van der Waals surface area contributed by atoms with Gasteiger partial charge in [0.1, 0.15) is 0 Å². The predicted octanol–water partition coefficient (Wildman–Crippen LogP) is 0.505. The second-order valence-corrected chi connectivity index (χ2v) is 6.11. The highest BCUT2D eigenvalue weighted by atomic mass is 127. The van der Waals surface area contributed by atoms with E-state index >= 15 is 0 Å². The number of aliphatic imine (C=N–C) groups is 1. The van der Waals surface area contributed by atoms with Crippen LogP contribution in [0.15, 0.2) is 4.99 Å². The molecule has 1 aliphatic heterocycles. The Morgan fingerprint density at radius 2 is 2.00 bits per heavy atom. The van der Waals surface area contributed by atoms with Crippen LogP contribution in [-0.2, 0) is 9.59 Å². The molecule has 7 nitrogen and oxygen atoms in total. The first-order chi connectivity index (χ1) is 10.3. The number of rotatable bonds is 5. The average Bonchev–Trinajstić information content (AvgIpc) is 2.93. The first kappa shape index (κ1) is 21.9. The van der Waals surface area contributed by atoms with Crippen molar-refractivity contribution < 1.29 is 9.59 Å². The van der Waals surface area contributed by atoms with Gasteiger partial charge in [0.25, 0.3) is 0 Å². The van der Waals surface area contributed by atoms with Crippen molar-refractivity contribution in [1.29, 1.82) is 0 Å². The Hall–Kier alpha value is -1.06. The fourth-order valence-corrected chi connectivity index (χ4v) is 2.34. The monoisotopic (exact) mass is 439 g/mol. The van der Waals surface area contributed by atoms with Crippen LogP contribution in [0.25, 0.3) is 0 Å². The zero-order valence-electron chi connectivity index (χ0n) is 14.8. The maximum absolute atomic E-state index is 12.0. The SMILES string of the molecule is CN=C(NCCC(=O)N(C)C)NC1CCN(C(=O)C(C)C)C1.I. The zero-order chi connectivity index (χ0) is 16.7.